The molecule has 1 aromatic rings. The van der Waals surface area contributed by atoms with E-state index < -0.39 is 9.84 Å². The van der Waals surface area contributed by atoms with E-state index in [1.54, 1.807) is 19.1 Å². The molecule has 0 aliphatic heterocycles. The van der Waals surface area contributed by atoms with Gasteiger partial charge < -0.3 is 10.8 Å². The summed E-state index contributed by atoms with van der Waals surface area (Å²) in [4.78, 5) is 9.49. The highest BCUT2D eigenvalue weighted by molar-refractivity contribution is 7.91. The highest BCUT2D eigenvalue weighted by Crippen LogP contribution is 2.15. The van der Waals surface area contributed by atoms with E-state index in [4.69, 9.17) is 10.8 Å². The molecule has 0 bridgehead atoms. The summed E-state index contributed by atoms with van der Waals surface area (Å²) in [7, 11) is -3.26. The molecule has 0 fully saturated rings. The van der Waals surface area contributed by atoms with Crippen molar-refractivity contribution >= 4 is 9.84 Å². The number of nitrogens with two attached hydrogens (primary N) is 1. The van der Waals surface area contributed by atoms with E-state index in [0.717, 1.165) is 0 Å². The Hall–Kier alpha value is -1.03. The Bertz CT molecular complexity index is 501. The summed E-state index contributed by atoms with van der Waals surface area (Å²) in [5.74, 6) is 0.00429. The molecule has 0 radical (unpaired) electrons. The van der Waals surface area contributed by atoms with Crippen molar-refractivity contribution in [1.82, 2.24) is 5.64 Å². The molecule has 0 saturated heterocycles. The Balaban J connectivity index is 0.000000585. The summed E-state index contributed by atoms with van der Waals surface area (Å²) in [6, 6.07) is 6.26. The molecule has 1 unspecified atom stereocenters. The topological polar surface area (TPSA) is 111 Å². The van der Waals surface area contributed by atoms with Crippen LogP contribution in [0.3, 0.4) is 0 Å². The van der Waals surface area contributed by atoms with Crippen LogP contribution in [0.1, 0.15) is 26.3 Å². The van der Waals surface area contributed by atoms with Crippen molar-refractivity contribution in [3.8, 4) is 0 Å². The number of aliphatic hydroxyl groups is 1. The standard InChI is InChI=1S/C11H17NO3S.C4H11NO2/c1-9(6-12)8-16(14,15)11-4-2-10(7-13)3-5-11;1-3-6-5-7-4-2/h2-5,9,13H,6-8,12H2,1H3;5H,3-4H2,1-2H3. The van der Waals surface area contributed by atoms with Crippen molar-refractivity contribution in [3.05, 3.63) is 29.8 Å². The molecule has 1 atom stereocenters. The van der Waals surface area contributed by atoms with Crippen LogP contribution in [0.4, 0.5) is 0 Å². The molecule has 7 nitrogen and oxygen atoms in total. The number of aliphatic hydroxyl groups excluding tert-OH is 1. The normalized spacial score (nSPS) is 12.4. The Morgan fingerprint density at radius 3 is 2.09 bits per heavy atom. The molecule has 1 aromatic carbocycles. The molecular weight excluding hydrogens is 320 g/mol. The molecule has 0 saturated carbocycles. The van der Waals surface area contributed by atoms with E-state index in [9.17, 15) is 8.42 Å². The lowest BCUT2D eigenvalue weighted by Crippen LogP contribution is -2.21. The fraction of sp³-hybridized carbons (Fsp3) is 0.600. The monoisotopic (exact) mass is 348 g/mol. The largest absolute Gasteiger partial charge is 0.392 e. The fourth-order valence-corrected chi connectivity index (χ4v) is 3.13. The van der Waals surface area contributed by atoms with Crippen LogP contribution in [0.5, 0.6) is 0 Å². The maximum Gasteiger partial charge on any atom is 0.178 e. The summed E-state index contributed by atoms with van der Waals surface area (Å²) in [5.41, 5.74) is 8.39. The first-order valence-electron chi connectivity index (χ1n) is 7.52. The highest BCUT2D eigenvalue weighted by atomic mass is 32.2. The molecule has 0 aliphatic carbocycles. The molecule has 4 N–H and O–H groups in total. The van der Waals surface area contributed by atoms with Gasteiger partial charge >= 0.3 is 0 Å². The molecule has 1 rings (SSSR count). The average Bonchev–Trinajstić information content (AvgIpc) is 2.55. The lowest BCUT2D eigenvalue weighted by Gasteiger charge is -2.09. The van der Waals surface area contributed by atoms with Gasteiger partial charge in [-0.15, -0.1) is 0 Å². The lowest BCUT2D eigenvalue weighted by atomic mass is 10.2. The summed E-state index contributed by atoms with van der Waals surface area (Å²) in [6.07, 6.45) is 0. The van der Waals surface area contributed by atoms with Gasteiger partial charge in [-0.05, 0) is 44.0 Å². The Morgan fingerprint density at radius 2 is 1.70 bits per heavy atom. The minimum atomic E-state index is -3.26. The van der Waals surface area contributed by atoms with Gasteiger partial charge in [0.2, 0.25) is 0 Å². The summed E-state index contributed by atoms with van der Waals surface area (Å²) >= 11 is 0. The van der Waals surface area contributed by atoms with Crippen LogP contribution in [0.15, 0.2) is 29.2 Å². The second kappa shape index (κ2) is 12.4. The molecule has 0 amide bonds. The van der Waals surface area contributed by atoms with Gasteiger partial charge in [-0.25, -0.2) is 8.42 Å². The van der Waals surface area contributed by atoms with Crippen LogP contribution in [0, 0.1) is 5.92 Å². The minimum Gasteiger partial charge on any atom is -0.392 e. The molecule has 23 heavy (non-hydrogen) atoms. The number of benzene rings is 1. The maximum absolute atomic E-state index is 11.9. The predicted octanol–water partition coefficient (Wildman–Crippen LogP) is 1.03. The first kappa shape index (κ1) is 22.0. The zero-order chi connectivity index (χ0) is 17.7. The molecule has 8 heteroatoms. The zero-order valence-electron chi connectivity index (χ0n) is 14.0. The number of hydrogen-bond donors (Lipinski definition) is 3. The van der Waals surface area contributed by atoms with Crippen LogP contribution in [-0.2, 0) is 26.1 Å². The van der Waals surface area contributed by atoms with E-state index in [-0.39, 0.29) is 23.2 Å². The van der Waals surface area contributed by atoms with Crippen LogP contribution in [0.2, 0.25) is 0 Å². The molecule has 0 aromatic heterocycles. The third kappa shape index (κ3) is 9.65. The van der Waals surface area contributed by atoms with Gasteiger partial charge in [-0.1, -0.05) is 24.7 Å². The third-order valence-electron chi connectivity index (χ3n) is 2.78. The average molecular weight is 348 g/mol. The quantitative estimate of drug-likeness (QED) is 0.451. The molecule has 0 spiro atoms. The van der Waals surface area contributed by atoms with Crippen molar-refractivity contribution in [2.45, 2.75) is 32.3 Å². The van der Waals surface area contributed by atoms with E-state index in [1.165, 1.54) is 12.1 Å². The fourth-order valence-electron chi connectivity index (χ4n) is 1.50. The Morgan fingerprint density at radius 1 is 1.17 bits per heavy atom. The van der Waals surface area contributed by atoms with Gasteiger partial charge in [-0.2, -0.15) is 0 Å². The van der Waals surface area contributed by atoms with Gasteiger partial charge in [0.05, 0.1) is 30.5 Å². The van der Waals surface area contributed by atoms with Crippen molar-refractivity contribution < 1.29 is 23.2 Å². The number of rotatable bonds is 9. The van der Waals surface area contributed by atoms with Gasteiger partial charge in [0.1, 0.15) is 0 Å². The Kier molecular flexibility index (Phi) is 11.8. The zero-order valence-corrected chi connectivity index (χ0v) is 14.8. The summed E-state index contributed by atoms with van der Waals surface area (Å²) < 4.78 is 23.8. The van der Waals surface area contributed by atoms with Crippen molar-refractivity contribution in [1.29, 1.82) is 0 Å². The second-order valence-corrected chi connectivity index (χ2v) is 6.91. The van der Waals surface area contributed by atoms with Crippen LogP contribution in [-0.4, -0.2) is 39.0 Å². The first-order chi connectivity index (χ1) is 10.9. The van der Waals surface area contributed by atoms with Crippen LogP contribution >= 0.6 is 0 Å². The first-order valence-corrected chi connectivity index (χ1v) is 9.17. The maximum atomic E-state index is 11.9. The Labute approximate surface area is 138 Å². The van der Waals surface area contributed by atoms with E-state index >= 15 is 0 Å². The van der Waals surface area contributed by atoms with Gasteiger partial charge in [-0.3, -0.25) is 9.68 Å². The van der Waals surface area contributed by atoms with Crippen LogP contribution in [0.25, 0.3) is 0 Å². The van der Waals surface area contributed by atoms with Gasteiger partial charge in [0.15, 0.2) is 9.84 Å². The molecule has 0 aliphatic rings. The van der Waals surface area contributed by atoms with Gasteiger partial charge in [0, 0.05) is 0 Å². The second-order valence-electron chi connectivity index (χ2n) is 4.87. The highest BCUT2D eigenvalue weighted by Gasteiger charge is 2.17. The van der Waals surface area contributed by atoms with Crippen molar-refractivity contribution in [2.24, 2.45) is 11.7 Å². The number of nitrogens with one attached hydrogen (secondary N) is 1. The van der Waals surface area contributed by atoms with E-state index in [2.05, 4.69) is 15.3 Å². The molecule has 134 valence electrons. The third-order valence-corrected chi connectivity index (χ3v) is 4.78. The molecular formula is C15H28N2O5S. The summed E-state index contributed by atoms with van der Waals surface area (Å²) in [6.45, 7) is 7.09. The summed E-state index contributed by atoms with van der Waals surface area (Å²) in [5, 5.41) is 8.85. The van der Waals surface area contributed by atoms with Gasteiger partial charge in [0.25, 0.3) is 0 Å². The smallest absolute Gasteiger partial charge is 0.178 e. The van der Waals surface area contributed by atoms with Crippen molar-refractivity contribution in [3.63, 3.8) is 0 Å². The van der Waals surface area contributed by atoms with E-state index in [1.807, 2.05) is 13.8 Å². The minimum absolute atomic E-state index is 0.0532. The lowest BCUT2D eigenvalue weighted by molar-refractivity contribution is -0.163. The number of hydrogen-bond acceptors (Lipinski definition) is 7. The van der Waals surface area contributed by atoms with Crippen molar-refractivity contribution in [2.75, 3.05) is 25.5 Å². The molecule has 0 heterocycles. The van der Waals surface area contributed by atoms with Crippen LogP contribution < -0.4 is 11.4 Å². The predicted molar refractivity (Wildman–Crippen MR) is 89.0 cm³/mol. The number of sulfone groups is 1. The SMILES string of the molecule is CC(CN)CS(=O)(=O)c1ccc(CO)cc1.CCONOCC. The van der Waals surface area contributed by atoms with E-state index in [0.29, 0.717) is 25.3 Å².